The van der Waals surface area contributed by atoms with Crippen LogP contribution < -0.4 is 19.7 Å². The van der Waals surface area contributed by atoms with E-state index < -0.39 is 23.7 Å². The summed E-state index contributed by atoms with van der Waals surface area (Å²) in [6, 6.07) is 12.9. The molecule has 0 bridgehead atoms. The summed E-state index contributed by atoms with van der Waals surface area (Å²) in [6.07, 6.45) is 1.32. The molecule has 0 unspecified atom stereocenters. The van der Waals surface area contributed by atoms with Crippen LogP contribution >= 0.6 is 15.9 Å². The summed E-state index contributed by atoms with van der Waals surface area (Å²) in [6.45, 7) is 2.24. The Hall–Kier alpha value is -4.05. The van der Waals surface area contributed by atoms with Crippen LogP contribution in [0.3, 0.4) is 0 Å². The van der Waals surface area contributed by atoms with E-state index in [0.29, 0.717) is 28.1 Å². The van der Waals surface area contributed by atoms with Crippen molar-refractivity contribution in [2.75, 3.05) is 11.5 Å². The molecule has 0 radical (unpaired) electrons. The molecule has 1 heterocycles. The second-order valence-electron chi connectivity index (χ2n) is 7.61. The van der Waals surface area contributed by atoms with Gasteiger partial charge in [-0.3, -0.25) is 14.9 Å². The molecule has 4 rings (SSSR count). The lowest BCUT2D eigenvalue weighted by Crippen LogP contribution is -2.54. The maximum absolute atomic E-state index is 13.3. The van der Waals surface area contributed by atoms with Gasteiger partial charge < -0.3 is 9.47 Å². The second kappa shape index (κ2) is 10.7. The van der Waals surface area contributed by atoms with Crippen LogP contribution in [-0.4, -0.2) is 24.5 Å². The van der Waals surface area contributed by atoms with Crippen molar-refractivity contribution in [2.24, 2.45) is 0 Å². The van der Waals surface area contributed by atoms with Crippen molar-refractivity contribution in [3.8, 4) is 11.5 Å². The minimum absolute atomic E-state index is 0.109. The lowest BCUT2D eigenvalue weighted by Gasteiger charge is -2.26. The quantitative estimate of drug-likeness (QED) is 0.312. The summed E-state index contributed by atoms with van der Waals surface area (Å²) in [7, 11) is 0. The lowest BCUT2D eigenvalue weighted by molar-refractivity contribution is -0.122. The number of anilines is 1. The number of ether oxygens (including phenoxy) is 2. The largest absolute Gasteiger partial charge is 0.490 e. The van der Waals surface area contributed by atoms with E-state index in [1.165, 1.54) is 30.3 Å². The van der Waals surface area contributed by atoms with Gasteiger partial charge in [-0.05, 0) is 88.6 Å². The molecule has 1 N–H and O–H groups in total. The number of amides is 4. The summed E-state index contributed by atoms with van der Waals surface area (Å²) in [5.41, 5.74) is 0.976. The molecule has 0 atom stereocenters. The lowest BCUT2D eigenvalue weighted by atomic mass is 10.1. The van der Waals surface area contributed by atoms with E-state index in [1.54, 1.807) is 31.2 Å². The highest BCUT2D eigenvalue weighted by Gasteiger charge is 2.36. The molecule has 0 aliphatic carbocycles. The molecule has 184 valence electrons. The Balaban J connectivity index is 1.65. The monoisotopic (exact) mass is 556 g/mol. The Morgan fingerprint density at radius 2 is 1.58 bits per heavy atom. The number of carbonyl (C=O) groups excluding carboxylic acids is 3. The van der Waals surface area contributed by atoms with Crippen molar-refractivity contribution in [1.82, 2.24) is 5.32 Å². The first-order valence-electron chi connectivity index (χ1n) is 10.8. The maximum Gasteiger partial charge on any atom is 0.335 e. The highest BCUT2D eigenvalue weighted by molar-refractivity contribution is 9.10. The van der Waals surface area contributed by atoms with Crippen LogP contribution in [0.2, 0.25) is 0 Å². The number of nitrogens with one attached hydrogen (secondary N) is 1. The van der Waals surface area contributed by atoms with Gasteiger partial charge in [0.2, 0.25) is 0 Å². The Labute approximate surface area is 213 Å². The maximum atomic E-state index is 13.3. The van der Waals surface area contributed by atoms with E-state index in [2.05, 4.69) is 21.2 Å². The van der Waals surface area contributed by atoms with Crippen LogP contribution in [-0.2, 0) is 16.2 Å². The molecule has 0 saturated carbocycles. The van der Waals surface area contributed by atoms with Crippen LogP contribution in [0, 0.1) is 11.6 Å². The number of urea groups is 1. The third-order valence-electron chi connectivity index (χ3n) is 5.13. The molecule has 1 aliphatic rings. The Morgan fingerprint density at radius 1 is 0.944 bits per heavy atom. The molecule has 4 amide bonds. The van der Waals surface area contributed by atoms with Crippen LogP contribution in [0.25, 0.3) is 6.08 Å². The molecule has 0 spiro atoms. The number of hydrogen-bond donors (Lipinski definition) is 1. The average Bonchev–Trinajstić information content (AvgIpc) is 2.83. The molecule has 1 saturated heterocycles. The van der Waals surface area contributed by atoms with Crippen LogP contribution in [0.15, 0.2) is 70.7 Å². The first-order chi connectivity index (χ1) is 17.3. The van der Waals surface area contributed by atoms with Gasteiger partial charge >= 0.3 is 6.03 Å². The van der Waals surface area contributed by atoms with E-state index in [0.717, 1.165) is 22.6 Å². The molecule has 10 heteroatoms. The molecular weight excluding hydrogens is 538 g/mol. The number of hydrogen-bond acceptors (Lipinski definition) is 5. The summed E-state index contributed by atoms with van der Waals surface area (Å²) in [4.78, 5) is 38.7. The SMILES string of the molecule is CCOc1cc(/C=C2\C(=O)NC(=O)N(c3ccc(F)cc3)C2=O)cc(Br)c1OCc1ccc(F)cc1. The van der Waals surface area contributed by atoms with Crippen molar-refractivity contribution in [3.63, 3.8) is 0 Å². The first-order valence-corrected chi connectivity index (χ1v) is 11.6. The van der Waals surface area contributed by atoms with Gasteiger partial charge in [0.05, 0.1) is 16.8 Å². The van der Waals surface area contributed by atoms with Gasteiger partial charge in [-0.15, -0.1) is 0 Å². The van der Waals surface area contributed by atoms with E-state index in [1.807, 2.05) is 0 Å². The first kappa shape index (κ1) is 25.1. The third-order valence-corrected chi connectivity index (χ3v) is 5.71. The molecule has 7 nitrogen and oxygen atoms in total. The van der Waals surface area contributed by atoms with Gasteiger partial charge in [-0.2, -0.15) is 0 Å². The number of barbiturate groups is 1. The number of rotatable bonds is 7. The zero-order chi connectivity index (χ0) is 25.8. The molecule has 3 aromatic rings. The van der Waals surface area contributed by atoms with Gasteiger partial charge in [-0.1, -0.05) is 12.1 Å². The van der Waals surface area contributed by atoms with Gasteiger partial charge in [-0.25, -0.2) is 18.5 Å². The highest BCUT2D eigenvalue weighted by atomic mass is 79.9. The summed E-state index contributed by atoms with van der Waals surface area (Å²) in [5, 5.41) is 2.12. The van der Waals surface area contributed by atoms with Gasteiger partial charge in [0, 0.05) is 0 Å². The fourth-order valence-electron chi connectivity index (χ4n) is 3.46. The summed E-state index contributed by atoms with van der Waals surface area (Å²) >= 11 is 3.43. The van der Waals surface area contributed by atoms with Crippen molar-refractivity contribution < 1.29 is 32.6 Å². The molecule has 1 fully saturated rings. The minimum atomic E-state index is -0.936. The minimum Gasteiger partial charge on any atom is -0.490 e. The fourth-order valence-corrected chi connectivity index (χ4v) is 4.03. The second-order valence-corrected chi connectivity index (χ2v) is 8.47. The number of halogens is 3. The molecule has 1 aliphatic heterocycles. The van der Waals surface area contributed by atoms with Gasteiger partial charge in [0.25, 0.3) is 11.8 Å². The predicted molar refractivity (Wildman–Crippen MR) is 131 cm³/mol. The van der Waals surface area contributed by atoms with E-state index in [-0.39, 0.29) is 23.7 Å². The van der Waals surface area contributed by atoms with Crippen molar-refractivity contribution in [2.45, 2.75) is 13.5 Å². The van der Waals surface area contributed by atoms with E-state index in [4.69, 9.17) is 9.47 Å². The summed E-state index contributed by atoms with van der Waals surface area (Å²) in [5.74, 6) is -1.89. The number of carbonyl (C=O) groups is 3. The Morgan fingerprint density at radius 3 is 2.22 bits per heavy atom. The molecule has 3 aromatic carbocycles. The fraction of sp³-hybridized carbons (Fsp3) is 0.115. The molecule has 0 aromatic heterocycles. The van der Waals surface area contributed by atoms with Gasteiger partial charge in [0.15, 0.2) is 11.5 Å². The highest BCUT2D eigenvalue weighted by Crippen LogP contribution is 2.38. The zero-order valence-electron chi connectivity index (χ0n) is 18.9. The third kappa shape index (κ3) is 5.44. The number of benzene rings is 3. The number of nitrogens with zero attached hydrogens (tertiary/aromatic N) is 1. The summed E-state index contributed by atoms with van der Waals surface area (Å²) < 4.78 is 38.5. The zero-order valence-corrected chi connectivity index (χ0v) is 20.5. The Bertz CT molecular complexity index is 1360. The van der Waals surface area contributed by atoms with Crippen molar-refractivity contribution in [1.29, 1.82) is 0 Å². The van der Waals surface area contributed by atoms with Crippen LogP contribution in [0.4, 0.5) is 19.3 Å². The normalized spacial score (nSPS) is 14.7. The van der Waals surface area contributed by atoms with Crippen LogP contribution in [0.1, 0.15) is 18.1 Å². The van der Waals surface area contributed by atoms with Crippen molar-refractivity contribution in [3.05, 3.63) is 93.5 Å². The smallest absolute Gasteiger partial charge is 0.335 e. The van der Waals surface area contributed by atoms with Crippen LogP contribution in [0.5, 0.6) is 11.5 Å². The Kier molecular flexibility index (Phi) is 7.44. The topological polar surface area (TPSA) is 84.9 Å². The standard InChI is InChI=1S/C26H19BrF2N2O5/c1-2-35-22-13-16(12-21(27)23(22)36-14-15-3-5-17(28)6-4-15)11-20-24(32)30-26(34)31(25(20)33)19-9-7-18(29)8-10-19/h3-13H,2,14H2,1H3,(H,30,32,34)/b20-11+. The molecule has 36 heavy (non-hydrogen) atoms. The average molecular weight is 557 g/mol. The van der Waals surface area contributed by atoms with E-state index in [9.17, 15) is 23.2 Å². The number of imide groups is 2. The van der Waals surface area contributed by atoms with E-state index >= 15 is 0 Å². The van der Waals surface area contributed by atoms with Crippen molar-refractivity contribution >= 4 is 45.5 Å². The molecular formula is C26H19BrF2N2O5. The van der Waals surface area contributed by atoms with Gasteiger partial charge in [0.1, 0.15) is 23.8 Å². The predicted octanol–water partition coefficient (Wildman–Crippen LogP) is 5.37.